The van der Waals surface area contributed by atoms with Crippen LogP contribution in [0.5, 0.6) is 11.5 Å². The second-order valence-corrected chi connectivity index (χ2v) is 5.27. The van der Waals surface area contributed by atoms with Crippen molar-refractivity contribution in [2.75, 3.05) is 13.2 Å². The Labute approximate surface area is 154 Å². The van der Waals surface area contributed by atoms with E-state index in [1.54, 1.807) is 6.07 Å². The molecular formula is C18H25ClN2O4. The molecule has 138 valence electrons. The number of hydrogen-bond donors (Lipinski definition) is 2. The number of nitrogens with two attached hydrogens (primary N) is 1. The highest BCUT2D eigenvalue weighted by atomic mass is 35.5. The minimum absolute atomic E-state index is 0. The van der Waals surface area contributed by atoms with Gasteiger partial charge in [0.25, 0.3) is 5.91 Å². The zero-order valence-electron chi connectivity index (χ0n) is 14.7. The predicted molar refractivity (Wildman–Crippen MR) is 98.5 cm³/mol. The maximum Gasteiger partial charge on any atom is 0.255 e. The van der Waals surface area contributed by atoms with E-state index in [4.69, 9.17) is 19.6 Å². The first-order chi connectivity index (χ1) is 11.6. The molecule has 7 heteroatoms. The summed E-state index contributed by atoms with van der Waals surface area (Å²) in [5.41, 5.74) is 6.87. The van der Waals surface area contributed by atoms with Crippen LogP contribution in [-0.4, -0.2) is 19.1 Å². The summed E-state index contributed by atoms with van der Waals surface area (Å²) in [4.78, 5) is 12.3. The Hall–Kier alpha value is -2.18. The lowest BCUT2D eigenvalue weighted by atomic mass is 10.1. The van der Waals surface area contributed by atoms with E-state index < -0.39 is 0 Å². The molecule has 1 aromatic heterocycles. The molecule has 1 aromatic carbocycles. The Balaban J connectivity index is 0.00000312. The summed E-state index contributed by atoms with van der Waals surface area (Å²) >= 11 is 0. The Morgan fingerprint density at radius 3 is 2.48 bits per heavy atom. The summed E-state index contributed by atoms with van der Waals surface area (Å²) in [6.45, 7) is 7.12. The summed E-state index contributed by atoms with van der Waals surface area (Å²) in [6, 6.07) is 7.12. The van der Waals surface area contributed by atoms with Gasteiger partial charge in [0.15, 0.2) is 11.5 Å². The maximum absolute atomic E-state index is 12.3. The second-order valence-electron chi connectivity index (χ2n) is 5.27. The van der Waals surface area contributed by atoms with Gasteiger partial charge < -0.3 is 24.9 Å². The van der Waals surface area contributed by atoms with Gasteiger partial charge in [0.2, 0.25) is 0 Å². The van der Waals surface area contributed by atoms with Crippen LogP contribution in [0.2, 0.25) is 0 Å². The van der Waals surface area contributed by atoms with E-state index in [-0.39, 0.29) is 30.9 Å². The van der Waals surface area contributed by atoms with Gasteiger partial charge in [-0.3, -0.25) is 4.79 Å². The highest BCUT2D eigenvalue weighted by Crippen LogP contribution is 2.30. The molecule has 2 rings (SSSR count). The smallest absolute Gasteiger partial charge is 0.255 e. The van der Waals surface area contributed by atoms with Gasteiger partial charge in [-0.2, -0.15) is 0 Å². The molecule has 3 N–H and O–H groups in total. The largest absolute Gasteiger partial charge is 0.490 e. The van der Waals surface area contributed by atoms with E-state index in [2.05, 4.69) is 5.32 Å². The molecule has 0 spiro atoms. The van der Waals surface area contributed by atoms with Crippen molar-refractivity contribution < 1.29 is 18.7 Å². The van der Waals surface area contributed by atoms with Crippen molar-refractivity contribution in [3.05, 3.63) is 47.4 Å². The SMILES string of the molecule is CCOc1ccc(C(C)NC(=O)c2coc(CN)c2)cc1OCC.Cl. The quantitative estimate of drug-likeness (QED) is 0.745. The molecule has 0 aliphatic heterocycles. The van der Waals surface area contributed by atoms with Crippen LogP contribution in [0.25, 0.3) is 0 Å². The van der Waals surface area contributed by atoms with Gasteiger partial charge in [-0.25, -0.2) is 0 Å². The van der Waals surface area contributed by atoms with E-state index in [1.165, 1.54) is 6.26 Å². The fourth-order valence-electron chi connectivity index (χ4n) is 2.31. The Kier molecular flexibility index (Phi) is 8.31. The molecule has 1 atom stereocenters. The predicted octanol–water partition coefficient (Wildman–Crippen LogP) is 3.45. The number of nitrogens with one attached hydrogen (secondary N) is 1. The first-order valence-corrected chi connectivity index (χ1v) is 8.06. The average Bonchev–Trinajstić information content (AvgIpc) is 3.06. The number of benzene rings is 1. The first-order valence-electron chi connectivity index (χ1n) is 8.06. The molecule has 1 amide bonds. The van der Waals surface area contributed by atoms with Gasteiger partial charge in [-0.1, -0.05) is 6.07 Å². The highest BCUT2D eigenvalue weighted by molar-refractivity contribution is 5.94. The Morgan fingerprint density at radius 2 is 1.88 bits per heavy atom. The van der Waals surface area contributed by atoms with E-state index >= 15 is 0 Å². The van der Waals surface area contributed by atoms with Crippen molar-refractivity contribution in [2.45, 2.75) is 33.4 Å². The fourth-order valence-corrected chi connectivity index (χ4v) is 2.31. The summed E-state index contributed by atoms with van der Waals surface area (Å²) in [5, 5.41) is 2.93. The van der Waals surface area contributed by atoms with Crippen LogP contribution in [0.1, 0.15) is 48.5 Å². The zero-order valence-corrected chi connectivity index (χ0v) is 15.5. The molecule has 6 nitrogen and oxygen atoms in total. The average molecular weight is 369 g/mol. The fraction of sp³-hybridized carbons (Fsp3) is 0.389. The minimum Gasteiger partial charge on any atom is -0.490 e. The third-order valence-electron chi connectivity index (χ3n) is 3.53. The van der Waals surface area contributed by atoms with E-state index in [1.807, 2.05) is 39.0 Å². The monoisotopic (exact) mass is 368 g/mol. The van der Waals surface area contributed by atoms with Crippen molar-refractivity contribution in [1.82, 2.24) is 5.32 Å². The van der Waals surface area contributed by atoms with Crippen LogP contribution >= 0.6 is 12.4 Å². The lowest BCUT2D eigenvalue weighted by Gasteiger charge is -2.17. The molecule has 25 heavy (non-hydrogen) atoms. The molecule has 0 bridgehead atoms. The van der Waals surface area contributed by atoms with E-state index in [0.717, 1.165) is 5.56 Å². The summed E-state index contributed by atoms with van der Waals surface area (Å²) in [5.74, 6) is 1.74. The number of furan rings is 1. The number of carbonyl (C=O) groups is 1. The number of hydrogen-bond acceptors (Lipinski definition) is 5. The van der Waals surface area contributed by atoms with Gasteiger partial charge in [-0.05, 0) is 44.5 Å². The number of ether oxygens (including phenoxy) is 2. The summed E-state index contributed by atoms with van der Waals surface area (Å²) in [7, 11) is 0. The van der Waals surface area contributed by atoms with Crippen LogP contribution in [-0.2, 0) is 6.54 Å². The first kappa shape index (κ1) is 20.9. The third kappa shape index (κ3) is 5.41. The van der Waals surface area contributed by atoms with Gasteiger partial charge in [0.05, 0.1) is 31.4 Å². The highest BCUT2D eigenvalue weighted by Gasteiger charge is 2.16. The van der Waals surface area contributed by atoms with E-state index in [0.29, 0.717) is 36.0 Å². The topological polar surface area (TPSA) is 86.7 Å². The molecule has 0 saturated carbocycles. The van der Waals surface area contributed by atoms with Gasteiger partial charge >= 0.3 is 0 Å². The van der Waals surface area contributed by atoms with Crippen LogP contribution in [0.4, 0.5) is 0 Å². The lowest BCUT2D eigenvalue weighted by molar-refractivity contribution is 0.0939. The summed E-state index contributed by atoms with van der Waals surface area (Å²) < 4.78 is 16.4. The number of rotatable bonds is 8. The van der Waals surface area contributed by atoms with Crippen molar-refractivity contribution in [3.63, 3.8) is 0 Å². The van der Waals surface area contributed by atoms with Crippen molar-refractivity contribution in [3.8, 4) is 11.5 Å². The molecule has 1 unspecified atom stereocenters. The lowest BCUT2D eigenvalue weighted by Crippen LogP contribution is -2.26. The maximum atomic E-state index is 12.3. The van der Waals surface area contributed by atoms with Crippen molar-refractivity contribution >= 4 is 18.3 Å². The second kappa shape index (κ2) is 9.96. The molecule has 0 aliphatic carbocycles. The van der Waals surface area contributed by atoms with Crippen LogP contribution < -0.4 is 20.5 Å². The normalized spacial score (nSPS) is 11.4. The van der Waals surface area contributed by atoms with Crippen LogP contribution in [0.3, 0.4) is 0 Å². The Bertz CT molecular complexity index is 687. The van der Waals surface area contributed by atoms with E-state index in [9.17, 15) is 4.79 Å². The standard InChI is InChI=1S/C18H24N2O4.ClH/c1-4-22-16-7-6-13(9-17(16)23-5-2)12(3)20-18(21)14-8-15(10-19)24-11-14;/h6-9,11-12H,4-5,10,19H2,1-3H3,(H,20,21);1H. The van der Waals surface area contributed by atoms with Crippen molar-refractivity contribution in [1.29, 1.82) is 0 Å². The number of carbonyl (C=O) groups excluding carboxylic acids is 1. The number of amides is 1. The van der Waals surface area contributed by atoms with Crippen LogP contribution in [0, 0.1) is 0 Å². The zero-order chi connectivity index (χ0) is 17.5. The van der Waals surface area contributed by atoms with Gasteiger partial charge in [0, 0.05) is 0 Å². The molecule has 1 heterocycles. The molecule has 0 radical (unpaired) electrons. The molecule has 2 aromatic rings. The minimum atomic E-state index is -0.210. The number of halogens is 1. The van der Waals surface area contributed by atoms with Crippen molar-refractivity contribution in [2.24, 2.45) is 5.73 Å². The molecule has 0 aliphatic rings. The molecule has 0 fully saturated rings. The molecular weight excluding hydrogens is 344 g/mol. The summed E-state index contributed by atoms with van der Waals surface area (Å²) in [6.07, 6.45) is 1.41. The van der Waals surface area contributed by atoms with Crippen LogP contribution in [0.15, 0.2) is 34.9 Å². The molecule has 0 saturated heterocycles. The Morgan fingerprint density at radius 1 is 1.20 bits per heavy atom. The van der Waals surface area contributed by atoms with Gasteiger partial charge in [0.1, 0.15) is 12.0 Å². The third-order valence-corrected chi connectivity index (χ3v) is 3.53. The van der Waals surface area contributed by atoms with Gasteiger partial charge in [-0.15, -0.1) is 12.4 Å².